The number of morpholine rings is 1. The van der Waals surface area contributed by atoms with Crippen LogP contribution in [0.4, 0.5) is 0 Å². The van der Waals surface area contributed by atoms with Crippen molar-refractivity contribution in [2.24, 2.45) is 0 Å². The van der Waals surface area contributed by atoms with Gasteiger partial charge in [-0.25, -0.2) is 0 Å². The molecule has 2 saturated heterocycles. The first-order valence-corrected chi connectivity index (χ1v) is 5.93. The van der Waals surface area contributed by atoms with E-state index in [2.05, 4.69) is 4.98 Å². The van der Waals surface area contributed by atoms with Gasteiger partial charge in [-0.3, -0.25) is 4.79 Å². The number of hydrogen-bond acceptors (Lipinski definition) is 3. The molecule has 0 aromatic carbocycles. The van der Waals surface area contributed by atoms with Crippen LogP contribution in [-0.2, 0) is 9.47 Å². The van der Waals surface area contributed by atoms with Crippen molar-refractivity contribution in [1.82, 2.24) is 9.88 Å². The van der Waals surface area contributed by atoms with Gasteiger partial charge in [0.2, 0.25) is 0 Å². The Labute approximate surface area is 99.7 Å². The van der Waals surface area contributed by atoms with Crippen LogP contribution in [-0.4, -0.2) is 54.3 Å². The highest BCUT2D eigenvalue weighted by Crippen LogP contribution is 2.30. The topological polar surface area (TPSA) is 54.6 Å². The molecule has 5 nitrogen and oxygen atoms in total. The smallest absolute Gasteiger partial charge is 0.270 e. The molecule has 2 aliphatic rings. The molecule has 1 atom stereocenters. The normalized spacial score (nSPS) is 28.8. The first-order chi connectivity index (χ1) is 8.32. The predicted molar refractivity (Wildman–Crippen MR) is 60.8 cm³/mol. The first kappa shape index (κ1) is 10.8. The van der Waals surface area contributed by atoms with E-state index < -0.39 is 0 Å². The Balaban J connectivity index is 1.86. The lowest BCUT2D eigenvalue weighted by Crippen LogP contribution is -2.59. The number of amides is 1. The Morgan fingerprint density at radius 1 is 1.35 bits per heavy atom. The van der Waals surface area contributed by atoms with Crippen LogP contribution in [0, 0.1) is 0 Å². The van der Waals surface area contributed by atoms with Crippen LogP contribution in [0.3, 0.4) is 0 Å². The average Bonchev–Trinajstić information content (AvgIpc) is 3.00. The molecule has 2 aliphatic heterocycles. The van der Waals surface area contributed by atoms with Gasteiger partial charge in [-0.1, -0.05) is 0 Å². The Hall–Kier alpha value is -1.33. The van der Waals surface area contributed by atoms with E-state index in [4.69, 9.17) is 9.47 Å². The summed E-state index contributed by atoms with van der Waals surface area (Å²) < 4.78 is 11.0. The maximum atomic E-state index is 12.4. The second-order valence-electron chi connectivity index (χ2n) is 4.62. The van der Waals surface area contributed by atoms with Crippen LogP contribution in [0.25, 0.3) is 0 Å². The van der Waals surface area contributed by atoms with Gasteiger partial charge in [-0.05, 0) is 18.6 Å². The summed E-state index contributed by atoms with van der Waals surface area (Å²) in [5.74, 6) is 0.0452. The van der Waals surface area contributed by atoms with E-state index in [1.165, 1.54) is 0 Å². The van der Waals surface area contributed by atoms with Crippen molar-refractivity contribution in [2.75, 3.05) is 33.0 Å². The minimum Gasteiger partial charge on any atom is -0.379 e. The SMILES string of the molecule is O=C(c1ccc[nH]1)N1CCOCC12CCOC2. The highest BCUT2D eigenvalue weighted by atomic mass is 16.5. The van der Waals surface area contributed by atoms with E-state index in [-0.39, 0.29) is 11.4 Å². The number of nitrogens with one attached hydrogen (secondary N) is 1. The van der Waals surface area contributed by atoms with E-state index in [0.717, 1.165) is 6.42 Å². The van der Waals surface area contributed by atoms with Gasteiger partial charge < -0.3 is 19.4 Å². The molecule has 1 aromatic rings. The number of H-pyrrole nitrogens is 1. The molecule has 1 amide bonds. The van der Waals surface area contributed by atoms with Gasteiger partial charge in [0.25, 0.3) is 5.91 Å². The lowest BCUT2D eigenvalue weighted by atomic mass is 9.95. The zero-order chi connectivity index (χ0) is 11.7. The number of aromatic amines is 1. The third-order valence-corrected chi connectivity index (χ3v) is 3.56. The molecule has 3 heterocycles. The number of aromatic nitrogens is 1. The number of carbonyl (C=O) groups excluding carboxylic acids is 1. The van der Waals surface area contributed by atoms with Gasteiger partial charge in [0.15, 0.2) is 0 Å². The molecule has 5 heteroatoms. The Kier molecular flexibility index (Phi) is 2.64. The van der Waals surface area contributed by atoms with Crippen molar-refractivity contribution in [1.29, 1.82) is 0 Å². The number of carbonyl (C=O) groups is 1. The van der Waals surface area contributed by atoms with Gasteiger partial charge >= 0.3 is 0 Å². The van der Waals surface area contributed by atoms with Gasteiger partial charge in [0.05, 0.1) is 25.4 Å². The van der Waals surface area contributed by atoms with Crippen molar-refractivity contribution >= 4 is 5.91 Å². The van der Waals surface area contributed by atoms with Crippen LogP contribution < -0.4 is 0 Å². The van der Waals surface area contributed by atoms with Crippen LogP contribution >= 0.6 is 0 Å². The third kappa shape index (κ3) is 1.75. The molecule has 1 spiro atoms. The average molecular weight is 236 g/mol. The monoisotopic (exact) mass is 236 g/mol. The van der Waals surface area contributed by atoms with Crippen LogP contribution in [0.5, 0.6) is 0 Å². The highest BCUT2D eigenvalue weighted by molar-refractivity contribution is 5.93. The molecule has 1 unspecified atom stereocenters. The summed E-state index contributed by atoms with van der Waals surface area (Å²) in [7, 11) is 0. The van der Waals surface area contributed by atoms with Crippen LogP contribution in [0.2, 0.25) is 0 Å². The maximum absolute atomic E-state index is 12.4. The largest absolute Gasteiger partial charge is 0.379 e. The molecular weight excluding hydrogens is 220 g/mol. The van der Waals surface area contributed by atoms with Crippen molar-refractivity contribution in [3.05, 3.63) is 24.0 Å². The minimum atomic E-state index is -0.250. The molecule has 0 radical (unpaired) electrons. The van der Waals surface area contributed by atoms with E-state index in [0.29, 0.717) is 38.7 Å². The second kappa shape index (κ2) is 4.16. The van der Waals surface area contributed by atoms with Crippen LogP contribution in [0.15, 0.2) is 18.3 Å². The lowest BCUT2D eigenvalue weighted by Gasteiger charge is -2.43. The Bertz CT molecular complexity index is 396. The van der Waals surface area contributed by atoms with Gasteiger partial charge in [-0.15, -0.1) is 0 Å². The van der Waals surface area contributed by atoms with Crippen molar-refractivity contribution in [3.63, 3.8) is 0 Å². The van der Waals surface area contributed by atoms with Crippen molar-refractivity contribution < 1.29 is 14.3 Å². The van der Waals surface area contributed by atoms with E-state index in [1.54, 1.807) is 12.3 Å². The van der Waals surface area contributed by atoms with Gasteiger partial charge in [0, 0.05) is 19.3 Å². The zero-order valence-electron chi connectivity index (χ0n) is 9.65. The Morgan fingerprint density at radius 3 is 2.88 bits per heavy atom. The summed E-state index contributed by atoms with van der Waals surface area (Å²) in [6.07, 6.45) is 2.63. The van der Waals surface area contributed by atoms with Gasteiger partial charge in [0.1, 0.15) is 5.69 Å². The highest BCUT2D eigenvalue weighted by Gasteiger charge is 2.45. The first-order valence-electron chi connectivity index (χ1n) is 5.93. The quantitative estimate of drug-likeness (QED) is 0.778. The molecule has 3 rings (SSSR count). The van der Waals surface area contributed by atoms with Crippen LogP contribution in [0.1, 0.15) is 16.9 Å². The summed E-state index contributed by atoms with van der Waals surface area (Å²) in [6.45, 7) is 3.12. The van der Waals surface area contributed by atoms with E-state index in [1.807, 2.05) is 11.0 Å². The predicted octanol–water partition coefficient (Wildman–Crippen LogP) is 0.646. The fourth-order valence-electron chi connectivity index (χ4n) is 2.58. The minimum absolute atomic E-state index is 0.0452. The molecule has 0 aliphatic carbocycles. The molecule has 17 heavy (non-hydrogen) atoms. The van der Waals surface area contributed by atoms with Crippen molar-refractivity contribution in [2.45, 2.75) is 12.0 Å². The molecule has 2 fully saturated rings. The zero-order valence-corrected chi connectivity index (χ0v) is 9.65. The third-order valence-electron chi connectivity index (χ3n) is 3.56. The number of nitrogens with zero attached hydrogens (tertiary/aromatic N) is 1. The summed E-state index contributed by atoms with van der Waals surface area (Å²) in [5.41, 5.74) is 0.388. The summed E-state index contributed by atoms with van der Waals surface area (Å²) >= 11 is 0. The molecule has 1 N–H and O–H groups in total. The number of hydrogen-bond donors (Lipinski definition) is 1. The fourth-order valence-corrected chi connectivity index (χ4v) is 2.58. The van der Waals surface area contributed by atoms with E-state index >= 15 is 0 Å². The van der Waals surface area contributed by atoms with E-state index in [9.17, 15) is 4.79 Å². The standard InChI is InChI=1S/C12H16N2O3/c15-11(10-2-1-4-13-10)14-5-7-17-9-12(14)3-6-16-8-12/h1-2,4,13H,3,5-9H2. The summed E-state index contributed by atoms with van der Waals surface area (Å²) in [6, 6.07) is 3.65. The van der Waals surface area contributed by atoms with Gasteiger partial charge in [-0.2, -0.15) is 0 Å². The molecular formula is C12H16N2O3. The fraction of sp³-hybridized carbons (Fsp3) is 0.583. The lowest BCUT2D eigenvalue weighted by molar-refractivity contribution is -0.0552. The molecule has 1 aromatic heterocycles. The molecule has 92 valence electrons. The number of ether oxygens (including phenoxy) is 2. The summed E-state index contributed by atoms with van der Waals surface area (Å²) in [5, 5.41) is 0. The van der Waals surface area contributed by atoms with Crippen molar-refractivity contribution in [3.8, 4) is 0 Å². The molecule has 0 saturated carbocycles. The maximum Gasteiger partial charge on any atom is 0.270 e. The Morgan fingerprint density at radius 2 is 2.18 bits per heavy atom. The second-order valence-corrected chi connectivity index (χ2v) is 4.62. The molecule has 0 bridgehead atoms. The number of rotatable bonds is 1. The summed E-state index contributed by atoms with van der Waals surface area (Å²) in [4.78, 5) is 17.3.